The number of nitrogens with one attached hydrogen (secondary N) is 2. The predicted molar refractivity (Wildman–Crippen MR) is 102 cm³/mol. The van der Waals surface area contributed by atoms with Gasteiger partial charge in [0.1, 0.15) is 5.75 Å². The normalized spacial score (nSPS) is 17.8. The lowest BCUT2D eigenvalue weighted by Crippen LogP contribution is -2.46. The van der Waals surface area contributed by atoms with Gasteiger partial charge in [0.25, 0.3) is 0 Å². The number of nitrogens with zero attached hydrogens (tertiary/aromatic N) is 2. The maximum Gasteiger partial charge on any atom is 0.387 e. The van der Waals surface area contributed by atoms with Crippen molar-refractivity contribution in [3.63, 3.8) is 0 Å². The molecule has 0 aromatic heterocycles. The number of rotatable bonds is 8. The number of hydrogen-bond donors (Lipinski definition) is 2. The van der Waals surface area contributed by atoms with Crippen LogP contribution in [0, 0.1) is 0 Å². The van der Waals surface area contributed by atoms with Crippen LogP contribution in [0.25, 0.3) is 0 Å². The molecule has 1 atom stereocenters. The van der Waals surface area contributed by atoms with E-state index in [1.54, 1.807) is 13.1 Å². The number of benzene rings is 1. The van der Waals surface area contributed by atoms with E-state index in [0.717, 1.165) is 26.1 Å². The highest BCUT2D eigenvalue weighted by molar-refractivity contribution is 5.79. The Balaban J connectivity index is 1.59. The SMILES string of the molecule is CCC(CNC(=NC)NCc1cc2c(cc1OC(F)F)OCO2)N1CCCC1. The van der Waals surface area contributed by atoms with Crippen molar-refractivity contribution in [1.29, 1.82) is 0 Å². The van der Waals surface area contributed by atoms with Gasteiger partial charge in [0.15, 0.2) is 17.5 Å². The molecule has 28 heavy (non-hydrogen) atoms. The average molecular weight is 398 g/mol. The van der Waals surface area contributed by atoms with Crippen molar-refractivity contribution in [2.45, 2.75) is 45.4 Å². The lowest BCUT2D eigenvalue weighted by molar-refractivity contribution is -0.0505. The molecule has 9 heteroatoms. The molecule has 7 nitrogen and oxygen atoms in total. The lowest BCUT2D eigenvalue weighted by atomic mass is 10.1. The highest BCUT2D eigenvalue weighted by Gasteiger charge is 2.22. The van der Waals surface area contributed by atoms with Crippen LogP contribution in [0.3, 0.4) is 0 Å². The van der Waals surface area contributed by atoms with E-state index in [0.29, 0.717) is 29.1 Å². The summed E-state index contributed by atoms with van der Waals surface area (Å²) in [6.07, 6.45) is 3.56. The van der Waals surface area contributed by atoms with Crippen LogP contribution in [-0.4, -0.2) is 57.0 Å². The van der Waals surface area contributed by atoms with Crippen molar-refractivity contribution in [2.24, 2.45) is 4.99 Å². The predicted octanol–water partition coefficient (Wildman–Crippen LogP) is 2.56. The standard InChI is InChI=1S/C19H28F2N4O3/c1-3-14(25-6-4-5-7-25)11-24-19(22-2)23-10-13-8-16-17(27-12-26-16)9-15(13)28-18(20)21/h8-9,14,18H,3-7,10-12H2,1-2H3,(H2,22,23,24). The third kappa shape index (κ3) is 5.15. The highest BCUT2D eigenvalue weighted by Crippen LogP contribution is 2.38. The largest absolute Gasteiger partial charge is 0.454 e. The summed E-state index contributed by atoms with van der Waals surface area (Å²) >= 11 is 0. The van der Waals surface area contributed by atoms with Crippen LogP contribution in [0.15, 0.2) is 17.1 Å². The van der Waals surface area contributed by atoms with Gasteiger partial charge < -0.3 is 24.8 Å². The van der Waals surface area contributed by atoms with E-state index in [-0.39, 0.29) is 19.1 Å². The van der Waals surface area contributed by atoms with Gasteiger partial charge in [0, 0.05) is 37.8 Å². The molecule has 1 fully saturated rings. The average Bonchev–Trinajstić information content (AvgIpc) is 3.35. The zero-order valence-corrected chi connectivity index (χ0v) is 16.3. The van der Waals surface area contributed by atoms with Crippen molar-refractivity contribution in [2.75, 3.05) is 33.5 Å². The van der Waals surface area contributed by atoms with Crippen molar-refractivity contribution < 1.29 is 23.0 Å². The van der Waals surface area contributed by atoms with Gasteiger partial charge >= 0.3 is 6.61 Å². The number of aliphatic imine (C=N–C) groups is 1. The van der Waals surface area contributed by atoms with E-state index in [4.69, 9.17) is 9.47 Å². The Morgan fingerprint density at radius 1 is 1.21 bits per heavy atom. The van der Waals surface area contributed by atoms with Gasteiger partial charge in [0.2, 0.25) is 6.79 Å². The van der Waals surface area contributed by atoms with Crippen LogP contribution in [-0.2, 0) is 6.54 Å². The Labute approximate surface area is 164 Å². The second kappa shape index (κ2) is 9.77. The smallest absolute Gasteiger partial charge is 0.387 e. The third-order valence-corrected chi connectivity index (χ3v) is 5.08. The molecule has 1 saturated heterocycles. The first kappa shape index (κ1) is 20.4. The molecule has 2 heterocycles. The Bertz CT molecular complexity index is 681. The number of fused-ring (bicyclic) bond motifs is 1. The Hall–Kier alpha value is -2.29. The van der Waals surface area contributed by atoms with Gasteiger partial charge in [-0.25, -0.2) is 0 Å². The Morgan fingerprint density at radius 3 is 2.57 bits per heavy atom. The molecule has 0 aliphatic carbocycles. The molecule has 2 N–H and O–H groups in total. The van der Waals surface area contributed by atoms with Gasteiger partial charge in [0.05, 0.1) is 0 Å². The van der Waals surface area contributed by atoms with Crippen LogP contribution in [0.4, 0.5) is 8.78 Å². The van der Waals surface area contributed by atoms with Gasteiger partial charge in [-0.2, -0.15) is 8.78 Å². The van der Waals surface area contributed by atoms with E-state index in [9.17, 15) is 8.78 Å². The van der Waals surface area contributed by atoms with E-state index < -0.39 is 6.61 Å². The molecule has 2 aliphatic heterocycles. The topological polar surface area (TPSA) is 67.4 Å². The maximum absolute atomic E-state index is 12.8. The van der Waals surface area contributed by atoms with Crippen LogP contribution in [0.1, 0.15) is 31.7 Å². The molecular formula is C19H28F2N4O3. The maximum atomic E-state index is 12.8. The molecule has 0 spiro atoms. The quantitative estimate of drug-likeness (QED) is 0.518. The molecule has 0 amide bonds. The molecule has 156 valence electrons. The summed E-state index contributed by atoms with van der Waals surface area (Å²) in [7, 11) is 1.68. The molecule has 1 aromatic rings. The van der Waals surface area contributed by atoms with Gasteiger partial charge in [-0.3, -0.25) is 9.89 Å². The fourth-order valence-corrected chi connectivity index (χ4v) is 3.56. The summed E-state index contributed by atoms with van der Waals surface area (Å²) < 4.78 is 40.7. The number of likely N-dealkylation sites (tertiary alicyclic amines) is 1. The molecule has 2 aliphatic rings. The fraction of sp³-hybridized carbons (Fsp3) is 0.632. The number of guanidine groups is 1. The van der Waals surface area contributed by atoms with Crippen molar-refractivity contribution in [1.82, 2.24) is 15.5 Å². The first-order valence-electron chi connectivity index (χ1n) is 9.66. The summed E-state index contributed by atoms with van der Waals surface area (Å²) in [5, 5.41) is 6.49. The molecule has 0 bridgehead atoms. The first-order chi connectivity index (χ1) is 13.6. The van der Waals surface area contributed by atoms with Crippen LogP contribution < -0.4 is 24.8 Å². The van der Waals surface area contributed by atoms with Crippen LogP contribution in [0.5, 0.6) is 17.2 Å². The Kier molecular flexibility index (Phi) is 7.13. The highest BCUT2D eigenvalue weighted by atomic mass is 19.3. The lowest BCUT2D eigenvalue weighted by Gasteiger charge is -2.27. The molecule has 0 radical (unpaired) electrons. The monoisotopic (exact) mass is 398 g/mol. The third-order valence-electron chi connectivity index (χ3n) is 5.08. The zero-order chi connectivity index (χ0) is 19.9. The molecule has 1 unspecified atom stereocenters. The number of hydrogen-bond acceptors (Lipinski definition) is 5. The molecule has 1 aromatic carbocycles. The molecule has 0 saturated carbocycles. The summed E-state index contributed by atoms with van der Waals surface area (Å²) in [6.45, 7) is 2.65. The number of ether oxygens (including phenoxy) is 3. The summed E-state index contributed by atoms with van der Waals surface area (Å²) in [4.78, 5) is 6.72. The second-order valence-corrected chi connectivity index (χ2v) is 6.80. The molecular weight excluding hydrogens is 370 g/mol. The Morgan fingerprint density at radius 2 is 1.93 bits per heavy atom. The summed E-state index contributed by atoms with van der Waals surface area (Å²) in [5.41, 5.74) is 0.541. The minimum Gasteiger partial charge on any atom is -0.454 e. The second-order valence-electron chi connectivity index (χ2n) is 6.80. The summed E-state index contributed by atoms with van der Waals surface area (Å²) in [6, 6.07) is 3.53. The van der Waals surface area contributed by atoms with Gasteiger partial charge in [-0.05, 0) is 38.4 Å². The van der Waals surface area contributed by atoms with E-state index in [1.165, 1.54) is 18.9 Å². The van der Waals surface area contributed by atoms with Gasteiger partial charge in [-0.1, -0.05) is 6.92 Å². The minimum atomic E-state index is -2.91. The van der Waals surface area contributed by atoms with E-state index >= 15 is 0 Å². The van der Waals surface area contributed by atoms with Crippen LogP contribution in [0.2, 0.25) is 0 Å². The summed E-state index contributed by atoms with van der Waals surface area (Å²) in [5.74, 6) is 1.59. The fourth-order valence-electron chi connectivity index (χ4n) is 3.56. The van der Waals surface area contributed by atoms with Crippen molar-refractivity contribution in [3.05, 3.63) is 17.7 Å². The van der Waals surface area contributed by atoms with Crippen LogP contribution >= 0.6 is 0 Å². The molecule has 3 rings (SSSR count). The zero-order valence-electron chi connectivity index (χ0n) is 16.3. The number of halogens is 2. The number of alkyl halides is 2. The first-order valence-corrected chi connectivity index (χ1v) is 9.66. The van der Waals surface area contributed by atoms with E-state index in [1.807, 2.05) is 0 Å². The van der Waals surface area contributed by atoms with Gasteiger partial charge in [-0.15, -0.1) is 0 Å². The van der Waals surface area contributed by atoms with E-state index in [2.05, 4.69) is 32.2 Å². The minimum absolute atomic E-state index is 0.0608. The van der Waals surface area contributed by atoms with Crippen molar-refractivity contribution in [3.8, 4) is 17.2 Å². The van der Waals surface area contributed by atoms with Crippen molar-refractivity contribution >= 4 is 5.96 Å².